The van der Waals surface area contributed by atoms with Crippen LogP contribution in [0, 0.1) is 11.6 Å². The summed E-state index contributed by atoms with van der Waals surface area (Å²) in [5.74, 6) is -1.94. The maximum Gasteiger partial charge on any atom is 0.254 e. The first kappa shape index (κ1) is 14.2. The van der Waals surface area contributed by atoms with Crippen LogP contribution in [0.2, 0.25) is 0 Å². The number of amides is 1. The lowest BCUT2D eigenvalue weighted by molar-refractivity contribution is 0.0948. The quantitative estimate of drug-likeness (QED) is 0.825. The van der Waals surface area contributed by atoms with Gasteiger partial charge in [-0.15, -0.1) is 0 Å². The summed E-state index contributed by atoms with van der Waals surface area (Å²) in [5.41, 5.74) is -0.264. The number of rotatable bonds is 6. The second-order valence-corrected chi connectivity index (χ2v) is 4.39. The van der Waals surface area contributed by atoms with Crippen molar-refractivity contribution >= 4 is 5.91 Å². The number of aryl methyl sites for hydroxylation is 1. The topological polar surface area (TPSA) is 46.9 Å². The van der Waals surface area contributed by atoms with Crippen LogP contribution < -0.4 is 5.32 Å². The highest BCUT2D eigenvalue weighted by Gasteiger charge is 2.11. The van der Waals surface area contributed by atoms with Gasteiger partial charge in [0.05, 0.1) is 11.9 Å². The molecule has 1 N–H and O–H groups in total. The monoisotopic (exact) mass is 279 g/mol. The minimum atomic E-state index is -0.720. The molecule has 20 heavy (non-hydrogen) atoms. The van der Waals surface area contributed by atoms with Crippen molar-refractivity contribution in [3.63, 3.8) is 0 Å². The number of nitrogens with zero attached hydrogens (tertiary/aromatic N) is 2. The van der Waals surface area contributed by atoms with Crippen LogP contribution in [0.5, 0.6) is 0 Å². The van der Waals surface area contributed by atoms with Gasteiger partial charge in [0.25, 0.3) is 5.91 Å². The number of carbonyl (C=O) groups excluding carboxylic acids is 1. The third-order valence-electron chi connectivity index (χ3n) is 2.86. The average molecular weight is 279 g/mol. The second-order valence-electron chi connectivity index (χ2n) is 4.39. The SMILES string of the molecule is O=C(NCCCCn1ccnc1)c1cc(F)ccc1F. The number of carbonyl (C=O) groups is 1. The van der Waals surface area contributed by atoms with Crippen molar-refractivity contribution < 1.29 is 13.6 Å². The number of aromatic nitrogens is 2. The van der Waals surface area contributed by atoms with Gasteiger partial charge in [-0.3, -0.25) is 4.79 Å². The third kappa shape index (κ3) is 3.88. The number of benzene rings is 1. The number of hydrogen-bond acceptors (Lipinski definition) is 2. The van der Waals surface area contributed by atoms with Gasteiger partial charge in [-0.2, -0.15) is 0 Å². The molecule has 1 heterocycles. The standard InChI is InChI=1S/C14H15F2N3O/c15-11-3-4-13(16)12(9-11)14(20)18-5-1-2-7-19-8-6-17-10-19/h3-4,6,8-10H,1-2,5,7H2,(H,18,20). The van der Waals surface area contributed by atoms with E-state index < -0.39 is 17.5 Å². The van der Waals surface area contributed by atoms with Gasteiger partial charge in [-0.25, -0.2) is 13.8 Å². The molecular formula is C14H15F2N3O. The normalized spacial score (nSPS) is 10.5. The molecule has 0 saturated carbocycles. The summed E-state index contributed by atoms with van der Waals surface area (Å²) < 4.78 is 28.2. The van der Waals surface area contributed by atoms with Crippen LogP contribution in [0.3, 0.4) is 0 Å². The van der Waals surface area contributed by atoms with Crippen LogP contribution in [-0.2, 0) is 6.54 Å². The summed E-state index contributed by atoms with van der Waals surface area (Å²) in [6.45, 7) is 1.23. The molecule has 0 aliphatic carbocycles. The zero-order valence-corrected chi connectivity index (χ0v) is 10.9. The number of halogens is 2. The Kier molecular flexibility index (Phi) is 4.81. The molecule has 1 aromatic heterocycles. The molecule has 0 atom stereocenters. The molecule has 0 fully saturated rings. The molecular weight excluding hydrogens is 264 g/mol. The van der Waals surface area contributed by atoms with E-state index in [1.54, 1.807) is 12.5 Å². The van der Waals surface area contributed by atoms with Crippen molar-refractivity contribution in [3.8, 4) is 0 Å². The summed E-state index contributed by atoms with van der Waals surface area (Å²) in [6.07, 6.45) is 6.90. The highest BCUT2D eigenvalue weighted by molar-refractivity contribution is 5.94. The van der Waals surface area contributed by atoms with E-state index in [1.807, 2.05) is 10.8 Å². The average Bonchev–Trinajstić information content (AvgIpc) is 2.94. The molecule has 0 saturated heterocycles. The fourth-order valence-corrected chi connectivity index (χ4v) is 1.81. The molecule has 106 valence electrons. The van der Waals surface area contributed by atoms with Crippen molar-refractivity contribution in [2.24, 2.45) is 0 Å². The van der Waals surface area contributed by atoms with E-state index >= 15 is 0 Å². The van der Waals surface area contributed by atoms with Gasteiger partial charge in [0, 0.05) is 25.5 Å². The minimum Gasteiger partial charge on any atom is -0.352 e. The lowest BCUT2D eigenvalue weighted by atomic mass is 10.2. The maximum atomic E-state index is 13.3. The minimum absolute atomic E-state index is 0.264. The van der Waals surface area contributed by atoms with Gasteiger partial charge in [0.1, 0.15) is 11.6 Å². The van der Waals surface area contributed by atoms with Crippen LogP contribution in [0.25, 0.3) is 0 Å². The Morgan fingerprint density at radius 1 is 1.30 bits per heavy atom. The molecule has 0 unspecified atom stereocenters. The van der Waals surface area contributed by atoms with E-state index in [4.69, 9.17) is 0 Å². The molecule has 4 nitrogen and oxygen atoms in total. The summed E-state index contributed by atoms with van der Waals surface area (Å²) in [7, 11) is 0. The van der Waals surface area contributed by atoms with Gasteiger partial charge in [0.2, 0.25) is 0 Å². The van der Waals surface area contributed by atoms with Gasteiger partial charge in [0.15, 0.2) is 0 Å². The Bertz CT molecular complexity index is 570. The summed E-state index contributed by atoms with van der Waals surface area (Å²) in [5, 5.41) is 2.58. The first-order valence-electron chi connectivity index (χ1n) is 6.36. The lowest BCUT2D eigenvalue weighted by Gasteiger charge is -2.06. The Balaban J connectivity index is 1.73. The molecule has 0 bridgehead atoms. The fourth-order valence-electron chi connectivity index (χ4n) is 1.81. The smallest absolute Gasteiger partial charge is 0.254 e. The number of imidazole rings is 1. The van der Waals surface area contributed by atoms with E-state index in [0.717, 1.165) is 37.6 Å². The molecule has 0 aliphatic heterocycles. The molecule has 0 aliphatic rings. The molecule has 2 aromatic rings. The molecule has 1 aromatic carbocycles. The van der Waals surface area contributed by atoms with Crippen molar-refractivity contribution in [2.45, 2.75) is 19.4 Å². The van der Waals surface area contributed by atoms with Crippen molar-refractivity contribution in [1.29, 1.82) is 0 Å². The lowest BCUT2D eigenvalue weighted by Crippen LogP contribution is -2.25. The van der Waals surface area contributed by atoms with Gasteiger partial charge >= 0.3 is 0 Å². The first-order valence-corrected chi connectivity index (χ1v) is 6.36. The van der Waals surface area contributed by atoms with Gasteiger partial charge in [-0.05, 0) is 31.0 Å². The first-order chi connectivity index (χ1) is 9.66. The summed E-state index contributed by atoms with van der Waals surface area (Å²) in [4.78, 5) is 15.6. The molecule has 0 spiro atoms. The molecule has 6 heteroatoms. The highest BCUT2D eigenvalue weighted by atomic mass is 19.1. The Morgan fingerprint density at radius 2 is 2.15 bits per heavy atom. The number of nitrogens with one attached hydrogen (secondary N) is 1. The van der Waals surface area contributed by atoms with Gasteiger partial charge in [-0.1, -0.05) is 0 Å². The summed E-state index contributed by atoms with van der Waals surface area (Å²) >= 11 is 0. The fraction of sp³-hybridized carbons (Fsp3) is 0.286. The number of hydrogen-bond donors (Lipinski definition) is 1. The molecule has 1 amide bonds. The predicted octanol–water partition coefficient (Wildman–Crippen LogP) is 2.37. The van der Waals surface area contributed by atoms with Crippen LogP contribution in [-0.4, -0.2) is 22.0 Å². The van der Waals surface area contributed by atoms with E-state index in [0.29, 0.717) is 6.54 Å². The van der Waals surface area contributed by atoms with Crippen molar-refractivity contribution in [1.82, 2.24) is 14.9 Å². The van der Waals surface area contributed by atoms with Crippen molar-refractivity contribution in [3.05, 3.63) is 54.1 Å². The Morgan fingerprint density at radius 3 is 2.90 bits per heavy atom. The maximum absolute atomic E-state index is 13.3. The van der Waals surface area contributed by atoms with Gasteiger partial charge < -0.3 is 9.88 Å². The third-order valence-corrected chi connectivity index (χ3v) is 2.86. The van der Waals surface area contributed by atoms with E-state index in [2.05, 4.69) is 10.3 Å². The second kappa shape index (κ2) is 6.79. The highest BCUT2D eigenvalue weighted by Crippen LogP contribution is 2.09. The van der Waals surface area contributed by atoms with Crippen LogP contribution in [0.15, 0.2) is 36.9 Å². The Labute approximate surface area is 115 Å². The van der Waals surface area contributed by atoms with E-state index in [9.17, 15) is 13.6 Å². The zero-order chi connectivity index (χ0) is 14.4. The molecule has 2 rings (SSSR count). The Hall–Kier alpha value is -2.24. The zero-order valence-electron chi connectivity index (χ0n) is 10.9. The van der Waals surface area contributed by atoms with E-state index in [-0.39, 0.29) is 5.56 Å². The predicted molar refractivity (Wildman–Crippen MR) is 70.2 cm³/mol. The largest absolute Gasteiger partial charge is 0.352 e. The van der Waals surface area contributed by atoms with Crippen molar-refractivity contribution in [2.75, 3.05) is 6.54 Å². The molecule has 0 radical (unpaired) electrons. The summed E-state index contributed by atoms with van der Waals surface area (Å²) in [6, 6.07) is 2.83. The van der Waals surface area contributed by atoms with Crippen LogP contribution >= 0.6 is 0 Å². The number of unbranched alkanes of at least 4 members (excludes halogenated alkanes) is 1. The van der Waals surface area contributed by atoms with Crippen LogP contribution in [0.1, 0.15) is 23.2 Å². The van der Waals surface area contributed by atoms with E-state index in [1.165, 1.54) is 0 Å². The van der Waals surface area contributed by atoms with Crippen LogP contribution in [0.4, 0.5) is 8.78 Å².